The third-order valence-electron chi connectivity index (χ3n) is 4.68. The highest BCUT2D eigenvalue weighted by Crippen LogP contribution is 2.20. The predicted molar refractivity (Wildman–Crippen MR) is 89.2 cm³/mol. The summed E-state index contributed by atoms with van der Waals surface area (Å²) in [7, 11) is 1.52. The molecule has 1 aromatic rings. The van der Waals surface area contributed by atoms with E-state index in [0.717, 1.165) is 32.2 Å². The summed E-state index contributed by atoms with van der Waals surface area (Å²) in [5, 5.41) is 3.18. The fourth-order valence-corrected chi connectivity index (χ4v) is 3.39. The van der Waals surface area contributed by atoms with Crippen LogP contribution >= 0.6 is 0 Å². The van der Waals surface area contributed by atoms with Crippen molar-refractivity contribution in [3.63, 3.8) is 0 Å². The second-order valence-electron chi connectivity index (χ2n) is 6.49. The van der Waals surface area contributed by atoms with E-state index in [1.165, 1.54) is 26.4 Å². The molecule has 0 spiro atoms. The Kier molecular flexibility index (Phi) is 5.72. The SMILES string of the molecule is COc1nccc(OC2CCCN(C(=O)NC3CCCCC3)C2)n1. The van der Waals surface area contributed by atoms with E-state index in [9.17, 15) is 4.79 Å². The summed E-state index contributed by atoms with van der Waals surface area (Å²) >= 11 is 0. The van der Waals surface area contributed by atoms with Gasteiger partial charge in [0.25, 0.3) is 0 Å². The molecule has 1 saturated carbocycles. The maximum Gasteiger partial charge on any atom is 0.319 e. The first kappa shape index (κ1) is 16.8. The number of amides is 2. The minimum Gasteiger partial charge on any atom is -0.472 e. The Balaban J connectivity index is 1.52. The number of nitrogens with zero attached hydrogens (tertiary/aromatic N) is 3. The maximum absolute atomic E-state index is 12.5. The standard InChI is InChI=1S/C17H26N4O3/c1-23-16-18-10-9-15(20-16)24-14-8-5-11-21(12-14)17(22)19-13-6-3-2-4-7-13/h9-10,13-14H,2-8,11-12H2,1H3,(H,19,22). The minimum atomic E-state index is -0.0459. The largest absolute Gasteiger partial charge is 0.472 e. The summed E-state index contributed by atoms with van der Waals surface area (Å²) in [5.74, 6) is 0.487. The minimum absolute atomic E-state index is 0.0375. The number of rotatable bonds is 4. The summed E-state index contributed by atoms with van der Waals surface area (Å²) in [4.78, 5) is 22.5. The van der Waals surface area contributed by atoms with Gasteiger partial charge in [0.05, 0.1) is 13.7 Å². The first-order valence-corrected chi connectivity index (χ1v) is 8.84. The van der Waals surface area contributed by atoms with Crippen LogP contribution in [0.15, 0.2) is 12.3 Å². The monoisotopic (exact) mass is 334 g/mol. The molecular formula is C17H26N4O3. The number of hydrogen-bond donors (Lipinski definition) is 1. The number of hydrogen-bond acceptors (Lipinski definition) is 5. The lowest BCUT2D eigenvalue weighted by atomic mass is 9.96. The average Bonchev–Trinajstić information content (AvgIpc) is 2.63. The van der Waals surface area contributed by atoms with Crippen molar-refractivity contribution in [2.75, 3.05) is 20.2 Å². The van der Waals surface area contributed by atoms with Crippen LogP contribution in [-0.2, 0) is 0 Å². The molecule has 3 rings (SSSR count). The molecule has 0 bridgehead atoms. The fourth-order valence-electron chi connectivity index (χ4n) is 3.39. The molecule has 2 aliphatic rings. The van der Waals surface area contributed by atoms with Gasteiger partial charge in [-0.3, -0.25) is 0 Å². The van der Waals surface area contributed by atoms with Gasteiger partial charge in [0.15, 0.2) is 0 Å². The molecule has 1 saturated heterocycles. The lowest BCUT2D eigenvalue weighted by molar-refractivity contribution is 0.0952. The molecule has 2 heterocycles. The molecule has 0 radical (unpaired) electrons. The topological polar surface area (TPSA) is 76.6 Å². The van der Waals surface area contributed by atoms with Gasteiger partial charge >= 0.3 is 12.0 Å². The van der Waals surface area contributed by atoms with E-state index < -0.39 is 0 Å². The van der Waals surface area contributed by atoms with Crippen molar-refractivity contribution in [3.8, 4) is 11.9 Å². The second kappa shape index (κ2) is 8.17. The van der Waals surface area contributed by atoms with Gasteiger partial charge in [-0.15, -0.1) is 0 Å². The molecule has 1 aromatic heterocycles. The van der Waals surface area contributed by atoms with Gasteiger partial charge in [0.1, 0.15) is 6.10 Å². The number of carbonyl (C=O) groups excluding carboxylic acids is 1. The smallest absolute Gasteiger partial charge is 0.319 e. The van der Waals surface area contributed by atoms with E-state index in [-0.39, 0.29) is 18.1 Å². The number of methoxy groups -OCH3 is 1. The molecule has 1 N–H and O–H groups in total. The number of likely N-dealkylation sites (tertiary alicyclic amines) is 1. The van der Waals surface area contributed by atoms with E-state index >= 15 is 0 Å². The van der Waals surface area contributed by atoms with Crippen LogP contribution < -0.4 is 14.8 Å². The Hall–Kier alpha value is -2.05. The quantitative estimate of drug-likeness (QED) is 0.915. The van der Waals surface area contributed by atoms with E-state index in [0.29, 0.717) is 18.5 Å². The highest BCUT2D eigenvalue weighted by Gasteiger charge is 2.27. The number of piperidine rings is 1. The van der Waals surface area contributed by atoms with Crippen LogP contribution in [-0.4, -0.2) is 53.2 Å². The zero-order valence-electron chi connectivity index (χ0n) is 14.2. The van der Waals surface area contributed by atoms with Crippen molar-refractivity contribution in [2.24, 2.45) is 0 Å². The van der Waals surface area contributed by atoms with E-state index in [4.69, 9.17) is 9.47 Å². The lowest BCUT2D eigenvalue weighted by Gasteiger charge is -2.34. The molecule has 24 heavy (non-hydrogen) atoms. The van der Waals surface area contributed by atoms with E-state index in [1.54, 1.807) is 12.3 Å². The summed E-state index contributed by atoms with van der Waals surface area (Å²) in [6.45, 7) is 1.37. The van der Waals surface area contributed by atoms with Gasteiger partial charge in [0.2, 0.25) is 5.88 Å². The average molecular weight is 334 g/mol. The Morgan fingerprint density at radius 2 is 2.08 bits per heavy atom. The molecular weight excluding hydrogens is 308 g/mol. The van der Waals surface area contributed by atoms with Gasteiger partial charge in [-0.25, -0.2) is 9.78 Å². The van der Waals surface area contributed by atoms with Gasteiger partial charge in [-0.2, -0.15) is 4.98 Å². The molecule has 1 atom stereocenters. The number of carbonyl (C=O) groups is 1. The Labute approximate surface area is 142 Å². The van der Waals surface area contributed by atoms with Crippen LogP contribution in [0.5, 0.6) is 11.9 Å². The van der Waals surface area contributed by atoms with Crippen LogP contribution in [0.3, 0.4) is 0 Å². The molecule has 132 valence electrons. The van der Waals surface area contributed by atoms with Crippen LogP contribution in [0, 0.1) is 0 Å². The Morgan fingerprint density at radius 3 is 2.88 bits per heavy atom. The summed E-state index contributed by atoms with van der Waals surface area (Å²) in [6.07, 6.45) is 9.32. The molecule has 0 aromatic carbocycles. The number of ether oxygens (including phenoxy) is 2. The summed E-state index contributed by atoms with van der Waals surface area (Å²) in [6, 6.07) is 2.37. The summed E-state index contributed by atoms with van der Waals surface area (Å²) < 4.78 is 10.9. The van der Waals surface area contributed by atoms with Crippen LogP contribution in [0.2, 0.25) is 0 Å². The zero-order chi connectivity index (χ0) is 16.8. The molecule has 1 aliphatic carbocycles. The molecule has 7 heteroatoms. The maximum atomic E-state index is 12.5. The molecule has 2 fully saturated rings. The molecule has 2 amide bonds. The predicted octanol–water partition coefficient (Wildman–Crippen LogP) is 2.37. The first-order chi connectivity index (χ1) is 11.7. The van der Waals surface area contributed by atoms with Crippen LogP contribution in [0.25, 0.3) is 0 Å². The number of nitrogens with one attached hydrogen (secondary N) is 1. The normalized spacial score (nSPS) is 22.0. The number of aromatic nitrogens is 2. The third-order valence-corrected chi connectivity index (χ3v) is 4.68. The van der Waals surface area contributed by atoms with Crippen LogP contribution in [0.4, 0.5) is 4.79 Å². The van der Waals surface area contributed by atoms with E-state index in [1.807, 2.05) is 4.90 Å². The van der Waals surface area contributed by atoms with Gasteiger partial charge < -0.3 is 19.7 Å². The van der Waals surface area contributed by atoms with Gasteiger partial charge in [-0.1, -0.05) is 19.3 Å². The van der Waals surface area contributed by atoms with Crippen molar-refractivity contribution in [3.05, 3.63) is 12.3 Å². The van der Waals surface area contributed by atoms with Crippen LogP contribution in [0.1, 0.15) is 44.9 Å². The van der Waals surface area contributed by atoms with Gasteiger partial charge in [-0.05, 0) is 25.7 Å². The Morgan fingerprint density at radius 1 is 1.25 bits per heavy atom. The van der Waals surface area contributed by atoms with Crippen molar-refractivity contribution < 1.29 is 14.3 Å². The Bertz CT molecular complexity index is 548. The molecule has 7 nitrogen and oxygen atoms in total. The molecule has 1 unspecified atom stereocenters. The van der Waals surface area contributed by atoms with E-state index in [2.05, 4.69) is 15.3 Å². The van der Waals surface area contributed by atoms with Crippen molar-refractivity contribution in [1.82, 2.24) is 20.2 Å². The number of urea groups is 1. The second-order valence-corrected chi connectivity index (χ2v) is 6.49. The zero-order valence-corrected chi connectivity index (χ0v) is 14.2. The third kappa shape index (κ3) is 4.49. The lowest BCUT2D eigenvalue weighted by Crippen LogP contribution is -2.51. The van der Waals surface area contributed by atoms with Crippen molar-refractivity contribution in [1.29, 1.82) is 0 Å². The van der Waals surface area contributed by atoms with Crippen molar-refractivity contribution >= 4 is 6.03 Å². The fraction of sp³-hybridized carbons (Fsp3) is 0.706. The highest BCUT2D eigenvalue weighted by atomic mass is 16.5. The molecule has 1 aliphatic heterocycles. The first-order valence-electron chi connectivity index (χ1n) is 8.84. The van der Waals surface area contributed by atoms with Crippen molar-refractivity contribution in [2.45, 2.75) is 57.1 Å². The van der Waals surface area contributed by atoms with Gasteiger partial charge in [0, 0.05) is 24.8 Å². The summed E-state index contributed by atoms with van der Waals surface area (Å²) in [5.41, 5.74) is 0. The highest BCUT2D eigenvalue weighted by molar-refractivity contribution is 5.74.